The molecule has 1 amide bonds. The first-order chi connectivity index (χ1) is 9.56. The van der Waals surface area contributed by atoms with E-state index in [1.807, 2.05) is 6.07 Å². The molecule has 0 aliphatic rings. The standard InChI is InChI=1S/C14H14N4O2/c1-17(8-4-6-15)13(19)11-9-10-5-3-7-16-12(10)18(2)14(11)20/h3,5,7,9H,4,8H2,1-2H3. The van der Waals surface area contributed by atoms with Gasteiger partial charge in [0.25, 0.3) is 11.5 Å². The number of amides is 1. The maximum Gasteiger partial charge on any atom is 0.264 e. The van der Waals surface area contributed by atoms with E-state index in [4.69, 9.17) is 5.26 Å². The minimum Gasteiger partial charge on any atom is -0.341 e. The van der Waals surface area contributed by atoms with Crippen molar-refractivity contribution in [3.8, 4) is 6.07 Å². The molecule has 0 saturated carbocycles. The molecule has 0 unspecified atom stereocenters. The molecule has 2 aromatic heterocycles. The lowest BCUT2D eigenvalue weighted by molar-refractivity contribution is 0.0796. The molecule has 0 radical (unpaired) electrons. The van der Waals surface area contributed by atoms with Crippen LogP contribution in [0.3, 0.4) is 0 Å². The zero-order valence-corrected chi connectivity index (χ0v) is 11.3. The number of hydrogen-bond donors (Lipinski definition) is 0. The molecule has 2 rings (SSSR count). The van der Waals surface area contributed by atoms with E-state index < -0.39 is 0 Å². The Bertz CT molecular complexity index is 758. The molecule has 0 aliphatic carbocycles. The van der Waals surface area contributed by atoms with Crippen molar-refractivity contribution in [2.75, 3.05) is 13.6 Å². The first-order valence-corrected chi connectivity index (χ1v) is 6.13. The van der Waals surface area contributed by atoms with E-state index in [2.05, 4.69) is 4.98 Å². The normalized spacial score (nSPS) is 10.2. The van der Waals surface area contributed by atoms with E-state index in [1.54, 1.807) is 38.5 Å². The molecule has 2 heterocycles. The van der Waals surface area contributed by atoms with Crippen LogP contribution in [0.15, 0.2) is 29.2 Å². The highest BCUT2D eigenvalue weighted by Crippen LogP contribution is 2.11. The van der Waals surface area contributed by atoms with Gasteiger partial charge in [0, 0.05) is 32.2 Å². The first-order valence-electron chi connectivity index (χ1n) is 6.13. The van der Waals surface area contributed by atoms with Crippen molar-refractivity contribution in [3.05, 3.63) is 40.3 Å². The van der Waals surface area contributed by atoms with Crippen LogP contribution >= 0.6 is 0 Å². The average molecular weight is 270 g/mol. The van der Waals surface area contributed by atoms with Gasteiger partial charge < -0.3 is 4.90 Å². The molecule has 0 N–H and O–H groups in total. The summed E-state index contributed by atoms with van der Waals surface area (Å²) in [5.41, 5.74) is 0.243. The Morgan fingerprint density at radius 3 is 3.00 bits per heavy atom. The highest BCUT2D eigenvalue weighted by atomic mass is 16.2. The van der Waals surface area contributed by atoms with Crippen LogP contribution in [0.1, 0.15) is 16.8 Å². The van der Waals surface area contributed by atoms with Gasteiger partial charge in [0.2, 0.25) is 0 Å². The number of aromatic nitrogens is 2. The van der Waals surface area contributed by atoms with Gasteiger partial charge in [-0.2, -0.15) is 5.26 Å². The van der Waals surface area contributed by atoms with Crippen molar-refractivity contribution < 1.29 is 4.79 Å². The minimum absolute atomic E-state index is 0.0911. The summed E-state index contributed by atoms with van der Waals surface area (Å²) in [6.07, 6.45) is 1.83. The molecule has 6 heteroatoms. The van der Waals surface area contributed by atoms with Crippen LogP contribution in [0.5, 0.6) is 0 Å². The van der Waals surface area contributed by atoms with Gasteiger partial charge in [0.15, 0.2) is 0 Å². The van der Waals surface area contributed by atoms with Gasteiger partial charge in [-0.1, -0.05) is 0 Å². The number of carbonyl (C=O) groups is 1. The van der Waals surface area contributed by atoms with Crippen LogP contribution in [0.25, 0.3) is 11.0 Å². The zero-order chi connectivity index (χ0) is 14.7. The quantitative estimate of drug-likeness (QED) is 0.830. The molecule has 6 nitrogen and oxygen atoms in total. The topological polar surface area (TPSA) is 79.0 Å². The Labute approximate surface area is 115 Å². The smallest absolute Gasteiger partial charge is 0.264 e. The second-order valence-corrected chi connectivity index (χ2v) is 4.47. The number of aryl methyl sites for hydroxylation is 1. The maximum atomic E-state index is 12.3. The molecule has 2 aromatic rings. The predicted molar refractivity (Wildman–Crippen MR) is 74.2 cm³/mol. The maximum absolute atomic E-state index is 12.3. The summed E-state index contributed by atoms with van der Waals surface area (Å²) in [7, 11) is 3.16. The van der Waals surface area contributed by atoms with Crippen LogP contribution in [0.4, 0.5) is 0 Å². The van der Waals surface area contributed by atoms with Crippen molar-refractivity contribution in [2.45, 2.75) is 6.42 Å². The summed E-state index contributed by atoms with van der Waals surface area (Å²) in [5.74, 6) is -0.383. The third-order valence-electron chi connectivity index (χ3n) is 3.11. The number of rotatable bonds is 3. The van der Waals surface area contributed by atoms with Crippen molar-refractivity contribution >= 4 is 16.9 Å². The van der Waals surface area contributed by atoms with Gasteiger partial charge in [0.05, 0.1) is 12.5 Å². The Morgan fingerprint density at radius 2 is 2.30 bits per heavy atom. The van der Waals surface area contributed by atoms with E-state index in [-0.39, 0.29) is 23.5 Å². The van der Waals surface area contributed by atoms with Gasteiger partial charge >= 0.3 is 0 Å². The molecule has 0 spiro atoms. The molecular weight excluding hydrogens is 256 g/mol. The predicted octanol–water partition coefficient (Wildman–Crippen LogP) is 0.919. The largest absolute Gasteiger partial charge is 0.341 e. The van der Waals surface area contributed by atoms with Crippen LogP contribution in [0, 0.1) is 11.3 Å². The molecule has 0 fully saturated rings. The molecule has 102 valence electrons. The lowest BCUT2D eigenvalue weighted by Gasteiger charge is -2.16. The molecule has 0 saturated heterocycles. The summed E-state index contributed by atoms with van der Waals surface area (Å²) in [6.45, 7) is 0.295. The third kappa shape index (κ3) is 2.38. The number of pyridine rings is 2. The van der Waals surface area contributed by atoms with Gasteiger partial charge in [-0.25, -0.2) is 4.98 Å². The monoisotopic (exact) mass is 270 g/mol. The second-order valence-electron chi connectivity index (χ2n) is 4.47. The third-order valence-corrected chi connectivity index (χ3v) is 3.11. The van der Waals surface area contributed by atoms with Crippen molar-refractivity contribution in [1.29, 1.82) is 5.26 Å². The zero-order valence-electron chi connectivity index (χ0n) is 11.3. The van der Waals surface area contributed by atoms with Crippen molar-refractivity contribution in [1.82, 2.24) is 14.5 Å². The molecular formula is C14H14N4O2. The summed E-state index contributed by atoms with van der Waals surface area (Å²) < 4.78 is 1.36. The Hall–Kier alpha value is -2.68. The Kier molecular flexibility index (Phi) is 3.80. The van der Waals surface area contributed by atoms with E-state index in [9.17, 15) is 9.59 Å². The van der Waals surface area contributed by atoms with E-state index in [0.717, 1.165) is 5.39 Å². The van der Waals surface area contributed by atoms with Crippen molar-refractivity contribution in [3.63, 3.8) is 0 Å². The number of hydrogen-bond acceptors (Lipinski definition) is 4. The highest BCUT2D eigenvalue weighted by molar-refractivity contribution is 5.96. The van der Waals surface area contributed by atoms with Crippen LogP contribution in [-0.4, -0.2) is 34.0 Å². The molecule has 0 bridgehead atoms. The van der Waals surface area contributed by atoms with Crippen LogP contribution in [-0.2, 0) is 7.05 Å². The summed E-state index contributed by atoms with van der Waals surface area (Å²) in [5, 5.41) is 9.27. The fraction of sp³-hybridized carbons (Fsp3) is 0.286. The Balaban J connectivity index is 2.50. The fourth-order valence-corrected chi connectivity index (χ4v) is 1.97. The number of carbonyl (C=O) groups excluding carboxylic acids is 1. The van der Waals surface area contributed by atoms with Gasteiger partial charge in [-0.05, 0) is 18.2 Å². The molecule has 0 aliphatic heterocycles. The van der Waals surface area contributed by atoms with Crippen molar-refractivity contribution in [2.24, 2.45) is 7.05 Å². The average Bonchev–Trinajstić information content (AvgIpc) is 2.47. The first kappa shape index (κ1) is 13.7. The molecule has 20 heavy (non-hydrogen) atoms. The number of nitriles is 1. The fourth-order valence-electron chi connectivity index (χ4n) is 1.97. The minimum atomic E-state index is -0.384. The summed E-state index contributed by atoms with van der Waals surface area (Å²) >= 11 is 0. The molecule has 0 atom stereocenters. The van der Waals surface area contributed by atoms with E-state index in [1.165, 1.54) is 9.47 Å². The number of nitrogens with zero attached hydrogens (tertiary/aromatic N) is 4. The van der Waals surface area contributed by atoms with E-state index >= 15 is 0 Å². The molecule has 0 aromatic carbocycles. The van der Waals surface area contributed by atoms with Gasteiger partial charge in [-0.15, -0.1) is 0 Å². The Morgan fingerprint density at radius 1 is 1.55 bits per heavy atom. The second kappa shape index (κ2) is 5.53. The van der Waals surface area contributed by atoms with Crippen LogP contribution in [0.2, 0.25) is 0 Å². The van der Waals surface area contributed by atoms with Crippen LogP contribution < -0.4 is 5.56 Å². The summed E-state index contributed by atoms with van der Waals surface area (Å²) in [6, 6.07) is 7.07. The lowest BCUT2D eigenvalue weighted by atomic mass is 10.2. The highest BCUT2D eigenvalue weighted by Gasteiger charge is 2.17. The van der Waals surface area contributed by atoms with Gasteiger partial charge in [-0.3, -0.25) is 14.2 Å². The van der Waals surface area contributed by atoms with Gasteiger partial charge in [0.1, 0.15) is 11.2 Å². The summed E-state index contributed by atoms with van der Waals surface area (Å²) in [4.78, 5) is 30.0. The lowest BCUT2D eigenvalue weighted by Crippen LogP contribution is -2.34. The van der Waals surface area contributed by atoms with E-state index in [0.29, 0.717) is 12.2 Å². The SMILES string of the molecule is CN(CCC#N)C(=O)c1cc2cccnc2n(C)c1=O. The number of fused-ring (bicyclic) bond motifs is 1.